The Bertz CT molecular complexity index is 648. The number of benzene rings is 1. The normalized spacial score (nSPS) is 15.8. The van der Waals surface area contributed by atoms with Crippen molar-refractivity contribution in [2.24, 2.45) is 0 Å². The molecule has 0 aliphatic carbocycles. The second-order valence-corrected chi connectivity index (χ2v) is 8.01. The second-order valence-electron chi connectivity index (χ2n) is 4.88. The van der Waals surface area contributed by atoms with Gasteiger partial charge in [0.25, 0.3) is 0 Å². The number of hydrogen-bond donors (Lipinski definition) is 1. The number of rotatable bonds is 3. The van der Waals surface area contributed by atoms with Gasteiger partial charge in [0.2, 0.25) is 0 Å². The largest absolute Gasteiger partial charge is 0.308 e. The van der Waals surface area contributed by atoms with Crippen LogP contribution in [0.5, 0.6) is 0 Å². The molecule has 0 bridgehead atoms. The van der Waals surface area contributed by atoms with Crippen LogP contribution in [0, 0.1) is 11.6 Å². The molecule has 1 aromatic carbocycles. The first-order chi connectivity index (χ1) is 10.1. The van der Waals surface area contributed by atoms with Crippen LogP contribution >= 0.6 is 39.0 Å². The number of fused-ring (bicyclic) bond motifs is 1. The molecule has 1 aromatic heterocycles. The number of aryl methyl sites for hydroxylation is 1. The van der Waals surface area contributed by atoms with Gasteiger partial charge in [-0.25, -0.2) is 8.78 Å². The molecule has 2 heterocycles. The summed E-state index contributed by atoms with van der Waals surface area (Å²) in [6.07, 6.45) is 1.05. The molecule has 112 valence electrons. The van der Waals surface area contributed by atoms with E-state index >= 15 is 0 Å². The fourth-order valence-electron chi connectivity index (χ4n) is 2.55. The van der Waals surface area contributed by atoms with Gasteiger partial charge in [0, 0.05) is 21.1 Å². The molecule has 1 atom stereocenters. The molecule has 0 fully saturated rings. The van der Waals surface area contributed by atoms with E-state index in [0.29, 0.717) is 0 Å². The highest BCUT2D eigenvalue weighted by Crippen LogP contribution is 2.38. The van der Waals surface area contributed by atoms with Crippen molar-refractivity contribution < 1.29 is 8.78 Å². The Morgan fingerprint density at radius 2 is 2.14 bits per heavy atom. The van der Waals surface area contributed by atoms with Crippen molar-refractivity contribution in [1.29, 1.82) is 0 Å². The third kappa shape index (κ3) is 2.91. The Morgan fingerprint density at radius 3 is 2.86 bits per heavy atom. The van der Waals surface area contributed by atoms with Gasteiger partial charge < -0.3 is 5.32 Å². The molecule has 3 rings (SSSR count). The smallest absolute Gasteiger partial charge is 0.145 e. The summed E-state index contributed by atoms with van der Waals surface area (Å²) in [4.78, 5) is 2.32. The highest BCUT2D eigenvalue weighted by Gasteiger charge is 2.25. The van der Waals surface area contributed by atoms with Crippen molar-refractivity contribution in [3.05, 3.63) is 55.2 Å². The zero-order chi connectivity index (χ0) is 15.0. The summed E-state index contributed by atoms with van der Waals surface area (Å²) >= 11 is 6.70. The first-order valence-corrected chi connectivity index (χ1v) is 9.38. The second kappa shape index (κ2) is 6.36. The third-order valence-electron chi connectivity index (χ3n) is 3.59. The van der Waals surface area contributed by atoms with Crippen LogP contribution in [-0.2, 0) is 12.2 Å². The molecule has 0 saturated carbocycles. The van der Waals surface area contributed by atoms with Gasteiger partial charge in [-0.3, -0.25) is 0 Å². The Balaban J connectivity index is 2.06. The molecule has 1 nitrogen and oxygen atoms in total. The average Bonchev–Trinajstić information content (AvgIpc) is 2.91. The van der Waals surface area contributed by atoms with E-state index in [1.807, 2.05) is 11.8 Å². The number of halogens is 3. The third-order valence-corrected chi connectivity index (χ3v) is 6.51. The fraction of sp³-hybridized carbons (Fsp3) is 0.333. The van der Waals surface area contributed by atoms with Crippen molar-refractivity contribution in [1.82, 2.24) is 5.32 Å². The Labute approximate surface area is 139 Å². The number of thioether (sulfide) groups is 1. The zero-order valence-corrected chi connectivity index (χ0v) is 14.6. The van der Waals surface area contributed by atoms with Gasteiger partial charge in [0.05, 0.1) is 10.5 Å². The van der Waals surface area contributed by atoms with E-state index in [1.165, 1.54) is 22.6 Å². The maximum absolute atomic E-state index is 14.3. The first kappa shape index (κ1) is 15.5. The number of hydrogen-bond acceptors (Lipinski definition) is 3. The van der Waals surface area contributed by atoms with Crippen LogP contribution in [-0.4, -0.2) is 12.8 Å². The molecule has 1 unspecified atom stereocenters. The van der Waals surface area contributed by atoms with E-state index < -0.39 is 17.7 Å². The molecule has 1 N–H and O–H groups in total. The van der Waals surface area contributed by atoms with Gasteiger partial charge in [-0.1, -0.05) is 0 Å². The van der Waals surface area contributed by atoms with E-state index in [1.54, 1.807) is 18.4 Å². The predicted molar refractivity (Wildman–Crippen MR) is 89.1 cm³/mol. The summed E-state index contributed by atoms with van der Waals surface area (Å²) < 4.78 is 28.8. The summed E-state index contributed by atoms with van der Waals surface area (Å²) in [7, 11) is 1.73. The summed E-state index contributed by atoms with van der Waals surface area (Å²) in [5.41, 5.74) is 1.39. The number of nitrogens with one attached hydrogen (secondary N) is 1. The molecule has 0 radical (unpaired) electrons. The summed E-state index contributed by atoms with van der Waals surface area (Å²) in [5.74, 6) is 1.06. The van der Waals surface area contributed by atoms with Gasteiger partial charge in [-0.05, 0) is 58.9 Å². The van der Waals surface area contributed by atoms with E-state index in [4.69, 9.17) is 0 Å². The van der Waals surface area contributed by atoms with Crippen LogP contribution in [0.25, 0.3) is 0 Å². The van der Waals surface area contributed by atoms with Crippen LogP contribution in [0.1, 0.15) is 26.9 Å². The van der Waals surface area contributed by atoms with Crippen LogP contribution in [0.4, 0.5) is 8.78 Å². The van der Waals surface area contributed by atoms with Gasteiger partial charge in [-0.2, -0.15) is 11.8 Å². The van der Waals surface area contributed by atoms with Crippen LogP contribution in [0.15, 0.2) is 22.7 Å². The highest BCUT2D eigenvalue weighted by molar-refractivity contribution is 9.10. The Kier molecular flexibility index (Phi) is 4.69. The lowest BCUT2D eigenvalue weighted by molar-refractivity contribution is 0.521. The lowest BCUT2D eigenvalue weighted by Crippen LogP contribution is -2.19. The van der Waals surface area contributed by atoms with Crippen molar-refractivity contribution in [2.45, 2.75) is 18.2 Å². The molecule has 1 aliphatic heterocycles. The monoisotopic (exact) mass is 389 g/mol. The molecular weight excluding hydrogens is 376 g/mol. The molecule has 21 heavy (non-hydrogen) atoms. The molecular formula is C15H14BrF2NS2. The van der Waals surface area contributed by atoms with Gasteiger partial charge in [0.15, 0.2) is 0 Å². The van der Waals surface area contributed by atoms with E-state index in [2.05, 4.69) is 27.3 Å². The molecule has 6 heteroatoms. The molecule has 0 amide bonds. The van der Waals surface area contributed by atoms with E-state index in [-0.39, 0.29) is 10.0 Å². The topological polar surface area (TPSA) is 12.0 Å². The highest BCUT2D eigenvalue weighted by atomic mass is 79.9. The van der Waals surface area contributed by atoms with Crippen molar-refractivity contribution in [3.8, 4) is 0 Å². The van der Waals surface area contributed by atoms with Crippen LogP contribution < -0.4 is 5.32 Å². The van der Waals surface area contributed by atoms with Gasteiger partial charge in [0.1, 0.15) is 11.6 Å². The molecule has 2 aromatic rings. The van der Waals surface area contributed by atoms with E-state index in [0.717, 1.165) is 22.8 Å². The zero-order valence-electron chi connectivity index (χ0n) is 11.4. The molecule has 0 spiro atoms. The standard InChI is InChI=1S/C15H14BrF2NS2/c1-19-15(13-10(17)3-2-9(16)14(13)18)12-6-8-7-20-5-4-11(8)21-12/h2-3,6,15,19H,4-5,7H2,1H3. The van der Waals surface area contributed by atoms with Gasteiger partial charge >= 0.3 is 0 Å². The van der Waals surface area contributed by atoms with E-state index in [9.17, 15) is 8.78 Å². The van der Waals surface area contributed by atoms with Crippen LogP contribution in [0.2, 0.25) is 0 Å². The summed E-state index contributed by atoms with van der Waals surface area (Å²) in [6.45, 7) is 0. The van der Waals surface area contributed by atoms with Crippen molar-refractivity contribution in [3.63, 3.8) is 0 Å². The first-order valence-electron chi connectivity index (χ1n) is 6.61. The van der Waals surface area contributed by atoms with Crippen molar-refractivity contribution in [2.75, 3.05) is 12.8 Å². The molecule has 1 aliphatic rings. The predicted octanol–water partition coefficient (Wildman–Crippen LogP) is 4.89. The minimum absolute atomic E-state index is 0.0816. The van der Waals surface area contributed by atoms with Crippen LogP contribution in [0.3, 0.4) is 0 Å². The minimum atomic E-state index is -0.532. The quantitative estimate of drug-likeness (QED) is 0.750. The lowest BCUT2D eigenvalue weighted by Gasteiger charge is -2.17. The SMILES string of the molecule is CNC(c1cc2c(s1)CCSC2)c1c(F)ccc(Br)c1F. The average molecular weight is 390 g/mol. The maximum Gasteiger partial charge on any atom is 0.145 e. The Morgan fingerprint density at radius 1 is 1.33 bits per heavy atom. The lowest BCUT2D eigenvalue weighted by atomic mass is 10.0. The Hall–Kier alpha value is -0.430. The molecule has 0 saturated heterocycles. The summed E-state index contributed by atoms with van der Waals surface area (Å²) in [6, 6.07) is 4.34. The summed E-state index contributed by atoms with van der Waals surface area (Å²) in [5, 5.41) is 3.06. The maximum atomic E-state index is 14.3. The minimum Gasteiger partial charge on any atom is -0.308 e. The fourth-order valence-corrected chi connectivity index (χ4v) is 5.39. The van der Waals surface area contributed by atoms with Crippen molar-refractivity contribution >= 4 is 39.0 Å². The number of thiophene rings is 1. The van der Waals surface area contributed by atoms with Gasteiger partial charge in [-0.15, -0.1) is 11.3 Å².